The van der Waals surface area contributed by atoms with E-state index in [0.29, 0.717) is 5.92 Å². The first-order valence-corrected chi connectivity index (χ1v) is 7.16. The fourth-order valence-electron chi connectivity index (χ4n) is 3.24. The van der Waals surface area contributed by atoms with E-state index in [-0.39, 0.29) is 12.1 Å². The number of aryl methyl sites for hydroxylation is 1. The quantitative estimate of drug-likeness (QED) is 0.849. The van der Waals surface area contributed by atoms with Gasteiger partial charge in [-0.1, -0.05) is 43.9 Å². The van der Waals surface area contributed by atoms with E-state index >= 15 is 0 Å². The van der Waals surface area contributed by atoms with Crippen LogP contribution in [0.2, 0.25) is 0 Å². The van der Waals surface area contributed by atoms with Gasteiger partial charge < -0.3 is 10.4 Å². The molecule has 0 saturated heterocycles. The van der Waals surface area contributed by atoms with Gasteiger partial charge in [0.2, 0.25) is 0 Å². The predicted molar refractivity (Wildman–Crippen MR) is 76.9 cm³/mol. The summed E-state index contributed by atoms with van der Waals surface area (Å²) in [4.78, 5) is 0. The Labute approximate surface area is 110 Å². The molecule has 1 aromatic carbocycles. The Balaban J connectivity index is 2.18. The van der Waals surface area contributed by atoms with Gasteiger partial charge >= 0.3 is 0 Å². The average molecular weight is 247 g/mol. The minimum absolute atomic E-state index is 0.109. The molecule has 2 nitrogen and oxygen atoms in total. The first kappa shape index (κ1) is 13.4. The molecule has 2 N–H and O–H groups in total. The van der Waals surface area contributed by atoms with E-state index in [4.69, 9.17) is 0 Å². The Morgan fingerprint density at radius 3 is 2.61 bits per heavy atom. The van der Waals surface area contributed by atoms with Crippen molar-refractivity contribution in [1.29, 1.82) is 0 Å². The molecule has 2 unspecified atom stereocenters. The predicted octanol–water partition coefficient (Wildman–Crippen LogP) is 3.74. The van der Waals surface area contributed by atoms with Crippen molar-refractivity contribution in [2.45, 2.75) is 51.5 Å². The van der Waals surface area contributed by atoms with Crippen LogP contribution in [-0.2, 0) is 0 Å². The molecular formula is C16H25NO. The van der Waals surface area contributed by atoms with Crippen molar-refractivity contribution in [1.82, 2.24) is 0 Å². The Kier molecular flexibility index (Phi) is 4.28. The van der Waals surface area contributed by atoms with E-state index in [1.54, 1.807) is 0 Å². The summed E-state index contributed by atoms with van der Waals surface area (Å²) in [5, 5.41) is 13.5. The van der Waals surface area contributed by atoms with Crippen LogP contribution in [0.25, 0.3) is 0 Å². The van der Waals surface area contributed by atoms with E-state index in [1.807, 2.05) is 0 Å². The fourth-order valence-corrected chi connectivity index (χ4v) is 3.24. The summed E-state index contributed by atoms with van der Waals surface area (Å²) < 4.78 is 0. The molecule has 0 amide bonds. The highest BCUT2D eigenvalue weighted by molar-refractivity contribution is 5.47. The van der Waals surface area contributed by atoms with Gasteiger partial charge in [-0.15, -0.1) is 0 Å². The molecule has 1 fully saturated rings. The second-order valence-electron chi connectivity index (χ2n) is 5.66. The summed E-state index contributed by atoms with van der Waals surface area (Å²) >= 11 is 0. The Hall–Kier alpha value is -1.02. The molecule has 2 heteroatoms. The van der Waals surface area contributed by atoms with Crippen molar-refractivity contribution in [3.05, 3.63) is 29.8 Å². The summed E-state index contributed by atoms with van der Waals surface area (Å²) in [6.45, 7) is 4.57. The van der Waals surface area contributed by atoms with Crippen LogP contribution in [0.5, 0.6) is 0 Å². The van der Waals surface area contributed by atoms with Gasteiger partial charge in [-0.3, -0.25) is 0 Å². The van der Waals surface area contributed by atoms with E-state index in [9.17, 15) is 5.11 Å². The molecule has 1 aliphatic rings. The van der Waals surface area contributed by atoms with E-state index in [1.165, 1.54) is 24.8 Å². The van der Waals surface area contributed by atoms with Gasteiger partial charge in [0.05, 0.1) is 12.1 Å². The second kappa shape index (κ2) is 5.75. The van der Waals surface area contributed by atoms with Crippen LogP contribution in [0.1, 0.15) is 44.6 Å². The van der Waals surface area contributed by atoms with E-state index < -0.39 is 0 Å². The molecule has 100 valence electrons. The van der Waals surface area contributed by atoms with E-state index in [0.717, 1.165) is 18.5 Å². The molecule has 0 radical (unpaired) electrons. The number of hydrogen-bond acceptors (Lipinski definition) is 2. The summed E-state index contributed by atoms with van der Waals surface area (Å²) in [6.07, 6.45) is 5.97. The molecule has 0 bridgehead atoms. The Morgan fingerprint density at radius 1 is 1.28 bits per heavy atom. The number of nitrogens with one attached hydrogen (secondary N) is 1. The van der Waals surface area contributed by atoms with Crippen LogP contribution in [-0.4, -0.2) is 17.3 Å². The van der Waals surface area contributed by atoms with Crippen LogP contribution >= 0.6 is 0 Å². The lowest BCUT2D eigenvalue weighted by Crippen LogP contribution is -2.50. The third-order valence-electron chi connectivity index (χ3n) is 4.43. The normalized spacial score (nSPS) is 28.1. The summed E-state index contributed by atoms with van der Waals surface area (Å²) in [5.74, 6) is 0.581. The molecule has 0 heterocycles. The molecule has 18 heavy (non-hydrogen) atoms. The molecular weight excluding hydrogens is 222 g/mol. The zero-order chi connectivity index (χ0) is 13.0. The minimum Gasteiger partial charge on any atom is -0.394 e. The van der Waals surface area contributed by atoms with Gasteiger partial charge in [-0.05, 0) is 37.8 Å². The summed E-state index contributed by atoms with van der Waals surface area (Å²) in [6, 6.07) is 8.48. The third kappa shape index (κ3) is 2.69. The highest BCUT2D eigenvalue weighted by Crippen LogP contribution is 2.38. The first-order valence-electron chi connectivity index (χ1n) is 7.16. The maximum Gasteiger partial charge on any atom is 0.0664 e. The van der Waals surface area contributed by atoms with Crippen molar-refractivity contribution < 1.29 is 5.11 Å². The standard InChI is InChI=1S/C16H25NO/c1-3-14-6-4-5-11-16(14,12-18)17-15-9-7-13(2)8-10-15/h7-10,14,17-18H,3-6,11-12H2,1-2H3. The van der Waals surface area contributed by atoms with Crippen LogP contribution in [0, 0.1) is 12.8 Å². The smallest absolute Gasteiger partial charge is 0.0664 e. The van der Waals surface area contributed by atoms with Crippen LogP contribution in [0.15, 0.2) is 24.3 Å². The number of benzene rings is 1. The maximum absolute atomic E-state index is 9.90. The molecule has 1 saturated carbocycles. The molecule has 0 aromatic heterocycles. The fraction of sp³-hybridized carbons (Fsp3) is 0.625. The van der Waals surface area contributed by atoms with Crippen LogP contribution < -0.4 is 5.32 Å². The largest absolute Gasteiger partial charge is 0.394 e. The van der Waals surface area contributed by atoms with Gasteiger partial charge in [0.25, 0.3) is 0 Å². The number of rotatable bonds is 4. The number of anilines is 1. The maximum atomic E-state index is 9.90. The van der Waals surface area contributed by atoms with Gasteiger partial charge in [0, 0.05) is 5.69 Å². The third-order valence-corrected chi connectivity index (χ3v) is 4.43. The summed E-state index contributed by atoms with van der Waals surface area (Å²) in [5.41, 5.74) is 2.30. The summed E-state index contributed by atoms with van der Waals surface area (Å²) in [7, 11) is 0. The van der Waals surface area contributed by atoms with Gasteiger partial charge in [-0.25, -0.2) is 0 Å². The topological polar surface area (TPSA) is 32.3 Å². The lowest BCUT2D eigenvalue weighted by molar-refractivity contribution is 0.115. The van der Waals surface area contributed by atoms with Crippen LogP contribution in [0.3, 0.4) is 0 Å². The van der Waals surface area contributed by atoms with Crippen molar-refractivity contribution in [2.75, 3.05) is 11.9 Å². The van der Waals surface area contributed by atoms with Gasteiger partial charge in [-0.2, -0.15) is 0 Å². The Morgan fingerprint density at radius 2 is 2.00 bits per heavy atom. The van der Waals surface area contributed by atoms with Crippen LogP contribution in [0.4, 0.5) is 5.69 Å². The minimum atomic E-state index is -0.109. The highest BCUT2D eigenvalue weighted by atomic mass is 16.3. The lowest BCUT2D eigenvalue weighted by Gasteiger charge is -2.44. The number of hydrogen-bond donors (Lipinski definition) is 2. The lowest BCUT2D eigenvalue weighted by atomic mass is 9.71. The van der Waals surface area contributed by atoms with Gasteiger partial charge in [0.15, 0.2) is 0 Å². The second-order valence-corrected chi connectivity index (χ2v) is 5.66. The average Bonchev–Trinajstić information content (AvgIpc) is 2.42. The number of aliphatic hydroxyl groups excluding tert-OH is 1. The molecule has 0 aliphatic heterocycles. The Bertz CT molecular complexity index is 373. The van der Waals surface area contributed by atoms with Crippen molar-refractivity contribution in [3.63, 3.8) is 0 Å². The van der Waals surface area contributed by atoms with Gasteiger partial charge in [0.1, 0.15) is 0 Å². The number of aliphatic hydroxyl groups is 1. The SMILES string of the molecule is CCC1CCCCC1(CO)Nc1ccc(C)cc1. The molecule has 1 aromatic rings. The van der Waals surface area contributed by atoms with Crippen molar-refractivity contribution in [2.24, 2.45) is 5.92 Å². The highest BCUT2D eigenvalue weighted by Gasteiger charge is 2.39. The van der Waals surface area contributed by atoms with Crippen molar-refractivity contribution >= 4 is 5.69 Å². The van der Waals surface area contributed by atoms with E-state index in [2.05, 4.69) is 43.4 Å². The van der Waals surface area contributed by atoms with Crippen molar-refractivity contribution in [3.8, 4) is 0 Å². The zero-order valence-corrected chi connectivity index (χ0v) is 11.6. The molecule has 2 atom stereocenters. The first-order chi connectivity index (χ1) is 8.70. The zero-order valence-electron chi connectivity index (χ0n) is 11.6. The molecule has 0 spiro atoms. The molecule has 2 rings (SSSR count). The monoisotopic (exact) mass is 247 g/mol. The molecule has 1 aliphatic carbocycles.